The lowest BCUT2D eigenvalue weighted by molar-refractivity contribution is -0.118. The first-order valence-corrected chi connectivity index (χ1v) is 8.76. The summed E-state index contributed by atoms with van der Waals surface area (Å²) in [5.41, 5.74) is 1.36. The zero-order chi connectivity index (χ0) is 16.3. The molecular weight excluding hydrogens is 304 g/mol. The van der Waals surface area contributed by atoms with Gasteiger partial charge in [0, 0.05) is 24.7 Å². The molecular formula is C15H22N2O4S. The van der Waals surface area contributed by atoms with E-state index in [9.17, 15) is 13.2 Å². The minimum atomic E-state index is -3.56. The Morgan fingerprint density at radius 2 is 1.91 bits per heavy atom. The number of amides is 1. The van der Waals surface area contributed by atoms with Crippen molar-refractivity contribution in [1.82, 2.24) is 4.31 Å². The second-order valence-electron chi connectivity index (χ2n) is 5.64. The third-order valence-electron chi connectivity index (χ3n) is 3.60. The molecule has 0 radical (unpaired) electrons. The Balaban J connectivity index is 2.30. The highest BCUT2D eigenvalue weighted by atomic mass is 32.2. The summed E-state index contributed by atoms with van der Waals surface area (Å²) in [6.07, 6.45) is 0. The van der Waals surface area contributed by atoms with Gasteiger partial charge in [-0.25, -0.2) is 8.42 Å². The van der Waals surface area contributed by atoms with Gasteiger partial charge in [-0.15, -0.1) is 0 Å². The molecule has 0 aromatic heterocycles. The van der Waals surface area contributed by atoms with Crippen molar-refractivity contribution in [2.45, 2.75) is 25.7 Å². The van der Waals surface area contributed by atoms with Crippen LogP contribution < -0.4 is 5.32 Å². The third kappa shape index (κ3) is 3.66. The highest BCUT2D eigenvalue weighted by Gasteiger charge is 2.26. The Kier molecular flexibility index (Phi) is 5.20. The van der Waals surface area contributed by atoms with Gasteiger partial charge in [0.25, 0.3) is 0 Å². The fraction of sp³-hybridized carbons (Fsp3) is 0.533. The molecule has 0 saturated carbocycles. The van der Waals surface area contributed by atoms with Crippen LogP contribution in [0.1, 0.15) is 19.4 Å². The summed E-state index contributed by atoms with van der Waals surface area (Å²) >= 11 is 0. The Morgan fingerprint density at radius 1 is 1.27 bits per heavy atom. The lowest BCUT2D eigenvalue weighted by Crippen LogP contribution is -2.40. The molecule has 1 heterocycles. The molecule has 6 nitrogen and oxygen atoms in total. The number of aryl methyl sites for hydroxylation is 1. The normalized spacial score (nSPS) is 16.7. The molecule has 1 aromatic rings. The molecule has 1 N–H and O–H groups in total. The van der Waals surface area contributed by atoms with Crippen LogP contribution in [0, 0.1) is 12.8 Å². The quantitative estimate of drug-likeness (QED) is 0.912. The van der Waals surface area contributed by atoms with E-state index in [2.05, 4.69) is 5.32 Å². The number of hydrogen-bond donors (Lipinski definition) is 1. The van der Waals surface area contributed by atoms with Crippen molar-refractivity contribution in [2.24, 2.45) is 5.92 Å². The number of morpholine rings is 1. The number of nitrogens with one attached hydrogen (secondary N) is 1. The second-order valence-corrected chi connectivity index (χ2v) is 7.58. The molecule has 1 fully saturated rings. The first-order chi connectivity index (χ1) is 10.3. The first-order valence-electron chi connectivity index (χ1n) is 7.32. The fourth-order valence-electron chi connectivity index (χ4n) is 2.11. The van der Waals surface area contributed by atoms with Gasteiger partial charge in [-0.1, -0.05) is 19.9 Å². The SMILES string of the molecule is Cc1ccc(S(=O)(=O)N2CCOCC2)cc1NC(=O)C(C)C. The topological polar surface area (TPSA) is 75.7 Å². The van der Waals surface area contributed by atoms with Gasteiger partial charge >= 0.3 is 0 Å². The van der Waals surface area contributed by atoms with E-state index in [0.717, 1.165) is 5.56 Å². The van der Waals surface area contributed by atoms with Gasteiger partial charge in [0.15, 0.2) is 0 Å². The summed E-state index contributed by atoms with van der Waals surface area (Å²) in [4.78, 5) is 12.0. The molecule has 122 valence electrons. The van der Waals surface area contributed by atoms with Crippen LogP contribution in [0.4, 0.5) is 5.69 Å². The summed E-state index contributed by atoms with van der Waals surface area (Å²) < 4.78 is 31.9. The van der Waals surface area contributed by atoms with Crippen LogP contribution in [-0.2, 0) is 19.6 Å². The van der Waals surface area contributed by atoms with E-state index in [1.54, 1.807) is 26.0 Å². The van der Waals surface area contributed by atoms with Gasteiger partial charge < -0.3 is 10.1 Å². The van der Waals surface area contributed by atoms with Crippen LogP contribution in [0.15, 0.2) is 23.1 Å². The van der Waals surface area contributed by atoms with Gasteiger partial charge in [-0.05, 0) is 24.6 Å². The Morgan fingerprint density at radius 3 is 2.50 bits per heavy atom. The molecule has 1 saturated heterocycles. The van der Waals surface area contributed by atoms with Gasteiger partial charge in [-0.2, -0.15) is 4.31 Å². The van der Waals surface area contributed by atoms with Gasteiger partial charge in [0.2, 0.25) is 15.9 Å². The third-order valence-corrected chi connectivity index (χ3v) is 5.49. The van der Waals surface area contributed by atoms with Crippen LogP contribution in [0.25, 0.3) is 0 Å². The van der Waals surface area contributed by atoms with E-state index in [1.807, 2.05) is 6.92 Å². The number of carbonyl (C=O) groups excluding carboxylic acids is 1. The Labute approximate surface area is 131 Å². The van der Waals surface area contributed by atoms with E-state index in [0.29, 0.717) is 32.0 Å². The van der Waals surface area contributed by atoms with Crippen molar-refractivity contribution in [3.63, 3.8) is 0 Å². The number of rotatable bonds is 4. The zero-order valence-electron chi connectivity index (χ0n) is 13.1. The van der Waals surface area contributed by atoms with E-state index in [-0.39, 0.29) is 16.7 Å². The predicted molar refractivity (Wildman–Crippen MR) is 84.2 cm³/mol. The van der Waals surface area contributed by atoms with Gasteiger partial charge in [-0.3, -0.25) is 4.79 Å². The Bertz CT molecular complexity index is 650. The maximum atomic E-state index is 12.6. The van der Waals surface area contributed by atoms with Gasteiger partial charge in [0.1, 0.15) is 0 Å². The Hall–Kier alpha value is -1.44. The highest BCUT2D eigenvalue weighted by molar-refractivity contribution is 7.89. The molecule has 0 bridgehead atoms. The lowest BCUT2D eigenvalue weighted by atomic mass is 10.1. The molecule has 22 heavy (non-hydrogen) atoms. The summed E-state index contributed by atoms with van der Waals surface area (Å²) in [6.45, 7) is 6.93. The first kappa shape index (κ1) is 16.9. The average Bonchev–Trinajstić information content (AvgIpc) is 2.50. The van der Waals surface area contributed by atoms with Crippen molar-refractivity contribution >= 4 is 21.6 Å². The molecule has 0 atom stereocenters. The van der Waals surface area contributed by atoms with Gasteiger partial charge in [0.05, 0.1) is 18.1 Å². The maximum absolute atomic E-state index is 12.6. The van der Waals surface area contributed by atoms with E-state index < -0.39 is 10.0 Å². The lowest BCUT2D eigenvalue weighted by Gasteiger charge is -2.26. The number of ether oxygens (including phenoxy) is 1. The van der Waals surface area contributed by atoms with Crippen molar-refractivity contribution < 1.29 is 17.9 Å². The van der Waals surface area contributed by atoms with Crippen molar-refractivity contribution in [3.05, 3.63) is 23.8 Å². The molecule has 0 aliphatic carbocycles. The van der Waals surface area contributed by atoms with E-state index >= 15 is 0 Å². The van der Waals surface area contributed by atoms with Crippen molar-refractivity contribution in [2.75, 3.05) is 31.6 Å². The van der Waals surface area contributed by atoms with E-state index in [4.69, 9.17) is 4.74 Å². The summed E-state index contributed by atoms with van der Waals surface area (Å²) in [5, 5.41) is 2.78. The zero-order valence-corrected chi connectivity index (χ0v) is 13.9. The van der Waals surface area contributed by atoms with Crippen LogP contribution >= 0.6 is 0 Å². The molecule has 7 heteroatoms. The number of benzene rings is 1. The maximum Gasteiger partial charge on any atom is 0.243 e. The van der Waals surface area contributed by atoms with Crippen LogP contribution in [0.5, 0.6) is 0 Å². The summed E-state index contributed by atoms with van der Waals surface area (Å²) in [6, 6.07) is 4.81. The minimum absolute atomic E-state index is 0.135. The predicted octanol–water partition coefficient (Wildman–Crippen LogP) is 1.61. The van der Waals surface area contributed by atoms with Crippen LogP contribution in [-0.4, -0.2) is 44.9 Å². The summed E-state index contributed by atoms with van der Waals surface area (Å²) in [5.74, 6) is -0.303. The second kappa shape index (κ2) is 6.76. The largest absolute Gasteiger partial charge is 0.379 e. The summed E-state index contributed by atoms with van der Waals surface area (Å²) in [7, 11) is -3.56. The number of anilines is 1. The smallest absolute Gasteiger partial charge is 0.243 e. The number of nitrogens with zero attached hydrogens (tertiary/aromatic N) is 1. The molecule has 2 rings (SSSR count). The standard InChI is InChI=1S/C15H22N2O4S/c1-11(2)15(18)16-14-10-13(5-4-12(14)3)22(19,20)17-6-8-21-9-7-17/h4-5,10-11H,6-9H2,1-3H3,(H,16,18). The highest BCUT2D eigenvalue weighted by Crippen LogP contribution is 2.24. The van der Waals surface area contributed by atoms with E-state index in [1.165, 1.54) is 10.4 Å². The van der Waals surface area contributed by atoms with Crippen molar-refractivity contribution in [3.8, 4) is 0 Å². The minimum Gasteiger partial charge on any atom is -0.379 e. The van der Waals surface area contributed by atoms with Crippen LogP contribution in [0.3, 0.4) is 0 Å². The number of sulfonamides is 1. The molecule has 1 aliphatic rings. The number of carbonyl (C=O) groups is 1. The fourth-order valence-corrected chi connectivity index (χ4v) is 3.54. The molecule has 0 unspecified atom stereocenters. The van der Waals surface area contributed by atoms with Crippen molar-refractivity contribution in [1.29, 1.82) is 0 Å². The molecule has 1 amide bonds. The average molecular weight is 326 g/mol. The molecule has 1 aromatic carbocycles. The number of hydrogen-bond acceptors (Lipinski definition) is 4. The molecule has 0 spiro atoms. The van der Waals surface area contributed by atoms with Crippen LogP contribution in [0.2, 0.25) is 0 Å². The monoisotopic (exact) mass is 326 g/mol. The molecule has 1 aliphatic heterocycles.